The lowest BCUT2D eigenvalue weighted by Gasteiger charge is -2.14. The van der Waals surface area contributed by atoms with Crippen molar-refractivity contribution in [2.75, 3.05) is 19.0 Å². The van der Waals surface area contributed by atoms with Gasteiger partial charge in [-0.05, 0) is 11.5 Å². The number of benzene rings is 1. The molecule has 1 aromatic carbocycles. The van der Waals surface area contributed by atoms with Gasteiger partial charge in [0.25, 0.3) is 0 Å². The van der Waals surface area contributed by atoms with Crippen molar-refractivity contribution in [2.24, 2.45) is 5.92 Å². The van der Waals surface area contributed by atoms with Gasteiger partial charge in [-0.2, -0.15) is 12.6 Å². The van der Waals surface area contributed by atoms with E-state index in [-0.39, 0.29) is 0 Å². The Morgan fingerprint density at radius 2 is 2.00 bits per heavy atom. The van der Waals surface area contributed by atoms with Crippen LogP contribution in [0.15, 0.2) is 30.3 Å². The molecule has 2 atom stereocenters. The third-order valence-corrected chi connectivity index (χ3v) is 3.52. The first-order valence-electron chi connectivity index (χ1n) is 5.19. The summed E-state index contributed by atoms with van der Waals surface area (Å²) < 4.78 is 0. The fourth-order valence-electron chi connectivity index (χ4n) is 2.32. The Labute approximate surface area is 91.5 Å². The van der Waals surface area contributed by atoms with Gasteiger partial charge in [0.2, 0.25) is 0 Å². The molecule has 1 heterocycles. The number of likely N-dealkylation sites (tertiary alicyclic amines) is 1. The Morgan fingerprint density at radius 3 is 2.57 bits per heavy atom. The molecule has 0 amide bonds. The van der Waals surface area contributed by atoms with E-state index in [0.29, 0.717) is 5.92 Å². The molecule has 0 N–H and O–H groups in total. The van der Waals surface area contributed by atoms with E-state index >= 15 is 0 Å². The smallest absolute Gasteiger partial charge is 0.0414 e. The summed E-state index contributed by atoms with van der Waals surface area (Å²) in [5, 5.41) is 0. The molecule has 0 saturated carbocycles. The van der Waals surface area contributed by atoms with E-state index in [1.165, 1.54) is 12.1 Å². The van der Waals surface area contributed by atoms with Gasteiger partial charge in [0.15, 0.2) is 0 Å². The summed E-state index contributed by atoms with van der Waals surface area (Å²) in [6, 6.07) is 10.8. The molecule has 14 heavy (non-hydrogen) atoms. The Balaban J connectivity index is 2.13. The maximum atomic E-state index is 4.34. The zero-order valence-electron chi connectivity index (χ0n) is 8.56. The molecule has 76 valence electrons. The van der Waals surface area contributed by atoms with Crippen LogP contribution in [-0.4, -0.2) is 23.9 Å². The number of nitrogens with zero attached hydrogens (tertiary/aromatic N) is 1. The third kappa shape index (κ3) is 1.96. The van der Waals surface area contributed by atoms with Crippen LogP contribution in [0, 0.1) is 5.92 Å². The topological polar surface area (TPSA) is 3.24 Å². The van der Waals surface area contributed by atoms with Gasteiger partial charge in [-0.15, -0.1) is 0 Å². The molecule has 2 heteroatoms. The zero-order valence-corrected chi connectivity index (χ0v) is 9.45. The second-order valence-electron chi connectivity index (χ2n) is 4.17. The fraction of sp³-hybridized carbons (Fsp3) is 0.500. The third-order valence-electron chi connectivity index (χ3n) is 3.12. The maximum Gasteiger partial charge on any atom is 0.0414 e. The molecule has 1 aromatic rings. The van der Waals surface area contributed by atoms with E-state index in [1.54, 1.807) is 0 Å². The lowest BCUT2D eigenvalue weighted by atomic mass is 9.90. The molecule has 2 rings (SSSR count). The van der Waals surface area contributed by atoms with Gasteiger partial charge < -0.3 is 0 Å². The number of thiol groups is 1. The summed E-state index contributed by atoms with van der Waals surface area (Å²) in [5.74, 6) is 2.33. The lowest BCUT2D eigenvalue weighted by molar-refractivity contribution is 0.386. The van der Waals surface area contributed by atoms with E-state index in [4.69, 9.17) is 0 Å². The van der Waals surface area contributed by atoms with Crippen LogP contribution in [0.1, 0.15) is 18.4 Å². The van der Waals surface area contributed by atoms with Crippen LogP contribution >= 0.6 is 12.6 Å². The SMILES string of the molecule is CC1CN(CS)CC1c1ccccc1. The number of rotatable bonds is 2. The summed E-state index contributed by atoms with van der Waals surface area (Å²) in [6.07, 6.45) is 0. The van der Waals surface area contributed by atoms with E-state index in [0.717, 1.165) is 18.3 Å². The molecule has 1 fully saturated rings. The Morgan fingerprint density at radius 1 is 1.29 bits per heavy atom. The van der Waals surface area contributed by atoms with Gasteiger partial charge in [-0.3, -0.25) is 4.90 Å². The lowest BCUT2D eigenvalue weighted by Crippen LogP contribution is -2.18. The first-order chi connectivity index (χ1) is 6.81. The van der Waals surface area contributed by atoms with Crippen LogP contribution in [0.5, 0.6) is 0 Å². The zero-order chi connectivity index (χ0) is 9.97. The fourth-order valence-corrected chi connectivity index (χ4v) is 2.55. The normalized spacial score (nSPS) is 28.1. The van der Waals surface area contributed by atoms with Crippen molar-refractivity contribution in [3.8, 4) is 0 Å². The molecule has 0 aromatic heterocycles. The average molecular weight is 207 g/mol. The summed E-state index contributed by atoms with van der Waals surface area (Å²) in [5.41, 5.74) is 1.48. The first-order valence-corrected chi connectivity index (χ1v) is 5.82. The largest absolute Gasteiger partial charge is 0.293 e. The van der Waals surface area contributed by atoms with Gasteiger partial charge in [0, 0.05) is 24.9 Å². The highest BCUT2D eigenvalue weighted by molar-refractivity contribution is 7.80. The summed E-state index contributed by atoms with van der Waals surface area (Å²) in [7, 11) is 0. The van der Waals surface area contributed by atoms with Crippen LogP contribution in [0.3, 0.4) is 0 Å². The summed E-state index contributed by atoms with van der Waals surface area (Å²) in [6.45, 7) is 4.68. The molecule has 0 radical (unpaired) electrons. The highest BCUT2D eigenvalue weighted by Gasteiger charge is 2.29. The van der Waals surface area contributed by atoms with Crippen molar-refractivity contribution < 1.29 is 0 Å². The van der Waals surface area contributed by atoms with Crippen molar-refractivity contribution in [1.29, 1.82) is 0 Å². The van der Waals surface area contributed by atoms with Crippen LogP contribution in [0.4, 0.5) is 0 Å². The number of hydrogen-bond donors (Lipinski definition) is 1. The Bertz CT molecular complexity index is 286. The van der Waals surface area contributed by atoms with Crippen molar-refractivity contribution in [3.63, 3.8) is 0 Å². The van der Waals surface area contributed by atoms with Gasteiger partial charge in [-0.25, -0.2) is 0 Å². The minimum absolute atomic E-state index is 0.698. The molecule has 1 aliphatic heterocycles. The monoisotopic (exact) mass is 207 g/mol. The van der Waals surface area contributed by atoms with Crippen LogP contribution in [0.25, 0.3) is 0 Å². The molecule has 1 aliphatic rings. The van der Waals surface area contributed by atoms with E-state index in [2.05, 4.69) is 54.8 Å². The minimum Gasteiger partial charge on any atom is -0.293 e. The molecule has 2 unspecified atom stereocenters. The van der Waals surface area contributed by atoms with Crippen molar-refractivity contribution in [3.05, 3.63) is 35.9 Å². The van der Waals surface area contributed by atoms with E-state index < -0.39 is 0 Å². The second-order valence-corrected chi connectivity index (χ2v) is 4.45. The molecular formula is C12H17NS. The average Bonchev–Trinajstić information content (AvgIpc) is 2.61. The Kier molecular flexibility index (Phi) is 3.14. The van der Waals surface area contributed by atoms with Crippen molar-refractivity contribution in [2.45, 2.75) is 12.8 Å². The second kappa shape index (κ2) is 4.37. The molecule has 0 bridgehead atoms. The highest BCUT2D eigenvalue weighted by atomic mass is 32.1. The van der Waals surface area contributed by atoms with Gasteiger partial charge in [0.1, 0.15) is 0 Å². The highest BCUT2D eigenvalue weighted by Crippen LogP contribution is 2.31. The van der Waals surface area contributed by atoms with E-state index in [1.807, 2.05) is 0 Å². The quantitative estimate of drug-likeness (QED) is 0.730. The maximum absolute atomic E-state index is 4.34. The molecule has 1 nitrogen and oxygen atoms in total. The standard InChI is InChI=1S/C12H17NS/c1-10-7-13(9-14)8-12(10)11-5-3-2-4-6-11/h2-6,10,12,14H,7-9H2,1H3. The van der Waals surface area contributed by atoms with Crippen LogP contribution in [-0.2, 0) is 0 Å². The van der Waals surface area contributed by atoms with Crippen molar-refractivity contribution >= 4 is 12.6 Å². The van der Waals surface area contributed by atoms with Gasteiger partial charge >= 0.3 is 0 Å². The van der Waals surface area contributed by atoms with Crippen molar-refractivity contribution in [1.82, 2.24) is 4.90 Å². The Hall–Kier alpha value is -0.470. The molecule has 0 aliphatic carbocycles. The predicted octanol–water partition coefficient (Wildman–Crippen LogP) is 2.61. The summed E-state index contributed by atoms with van der Waals surface area (Å²) >= 11 is 4.34. The van der Waals surface area contributed by atoms with Gasteiger partial charge in [-0.1, -0.05) is 37.3 Å². The van der Waals surface area contributed by atoms with E-state index in [9.17, 15) is 0 Å². The van der Waals surface area contributed by atoms with Gasteiger partial charge in [0.05, 0.1) is 0 Å². The predicted molar refractivity (Wildman–Crippen MR) is 63.8 cm³/mol. The van der Waals surface area contributed by atoms with Crippen LogP contribution in [0.2, 0.25) is 0 Å². The summed E-state index contributed by atoms with van der Waals surface area (Å²) in [4.78, 5) is 2.41. The number of hydrogen-bond acceptors (Lipinski definition) is 2. The van der Waals surface area contributed by atoms with Crippen LogP contribution < -0.4 is 0 Å². The molecular weight excluding hydrogens is 190 g/mol. The minimum atomic E-state index is 0.698. The first kappa shape index (κ1) is 10.1. The molecule has 1 saturated heterocycles. The molecule has 0 spiro atoms.